The minimum Gasteiger partial charge on any atom is -0.400 e. The maximum atomic E-state index is 9.12. The average molecular weight is 212 g/mol. The van der Waals surface area contributed by atoms with E-state index < -0.39 is 37.3 Å². The molecule has 0 spiro atoms. The molecule has 6 N–H and O–H groups in total. The van der Waals surface area contributed by atoms with Crippen LogP contribution in [0.4, 0.5) is 0 Å². The second kappa shape index (κ2) is 6.25. The lowest BCUT2D eigenvalue weighted by Crippen LogP contribution is -2.58. The highest BCUT2D eigenvalue weighted by atomic mass is 16.6. The quantitative estimate of drug-likeness (QED) is 0.264. The third-order valence-electron chi connectivity index (χ3n) is 1.87. The van der Waals surface area contributed by atoms with E-state index in [0.717, 1.165) is 7.11 Å². The van der Waals surface area contributed by atoms with E-state index in [9.17, 15) is 0 Å². The molecule has 1 aliphatic rings. The lowest BCUT2D eigenvalue weighted by Gasteiger charge is -2.37. The molecule has 86 valence electrons. The van der Waals surface area contributed by atoms with Crippen LogP contribution in [0.5, 0.6) is 0 Å². The summed E-state index contributed by atoms with van der Waals surface area (Å²) in [7, 11) is 1.00. The number of hydrogen-bond donors (Lipinski definition) is 6. The van der Waals surface area contributed by atoms with Crippen molar-refractivity contribution in [1.82, 2.24) is 0 Å². The molecule has 14 heavy (non-hydrogen) atoms. The number of hydrogen-bond acceptors (Lipinski definition) is 7. The number of rotatable bonds is 1. The van der Waals surface area contributed by atoms with Crippen LogP contribution in [0.25, 0.3) is 0 Å². The van der Waals surface area contributed by atoms with Gasteiger partial charge in [0.1, 0.15) is 24.4 Å². The van der Waals surface area contributed by atoms with Gasteiger partial charge in [0.05, 0.1) is 6.61 Å². The predicted octanol–water partition coefficient (Wildman–Crippen LogP) is -3.61. The van der Waals surface area contributed by atoms with Gasteiger partial charge in [-0.1, -0.05) is 0 Å². The van der Waals surface area contributed by atoms with Crippen LogP contribution in [0.2, 0.25) is 0 Å². The highest BCUT2D eigenvalue weighted by Gasteiger charge is 2.42. The van der Waals surface area contributed by atoms with Gasteiger partial charge in [-0.2, -0.15) is 0 Å². The van der Waals surface area contributed by atoms with Gasteiger partial charge in [-0.25, -0.2) is 0 Å². The number of ether oxygens (including phenoxy) is 1. The van der Waals surface area contributed by atoms with Crippen LogP contribution in [-0.2, 0) is 4.74 Å². The Bertz CT molecular complexity index is 148. The Morgan fingerprint density at radius 1 is 0.929 bits per heavy atom. The fourth-order valence-corrected chi connectivity index (χ4v) is 1.08. The minimum atomic E-state index is -1.57. The summed E-state index contributed by atoms with van der Waals surface area (Å²) in [5.74, 6) is 0. The van der Waals surface area contributed by atoms with Crippen molar-refractivity contribution in [2.75, 3.05) is 13.7 Å². The maximum Gasteiger partial charge on any atom is 0.184 e. The van der Waals surface area contributed by atoms with Gasteiger partial charge < -0.3 is 35.4 Å². The Balaban J connectivity index is 0.000000791. The first-order chi connectivity index (χ1) is 6.57. The molecule has 0 aromatic rings. The van der Waals surface area contributed by atoms with Crippen molar-refractivity contribution in [3.63, 3.8) is 0 Å². The van der Waals surface area contributed by atoms with Crippen LogP contribution in [0, 0.1) is 0 Å². The third kappa shape index (κ3) is 2.85. The fourth-order valence-electron chi connectivity index (χ4n) is 1.08. The van der Waals surface area contributed by atoms with Crippen LogP contribution in [0.15, 0.2) is 0 Å². The van der Waals surface area contributed by atoms with Crippen LogP contribution in [-0.4, -0.2) is 75.1 Å². The SMILES string of the molecule is CO.OC[C@H]1OC(O)[C@@H](O)[C@@H](O)[C@@H]1O. The van der Waals surface area contributed by atoms with E-state index in [1.165, 1.54) is 0 Å². The normalized spacial score (nSPS) is 42.6. The van der Waals surface area contributed by atoms with Crippen molar-refractivity contribution in [2.45, 2.75) is 30.7 Å². The molecule has 0 aromatic heterocycles. The summed E-state index contributed by atoms with van der Waals surface area (Å²) in [6, 6.07) is 0. The predicted molar refractivity (Wildman–Crippen MR) is 44.1 cm³/mol. The van der Waals surface area contributed by atoms with Gasteiger partial charge in [-0.05, 0) is 0 Å². The summed E-state index contributed by atoms with van der Waals surface area (Å²) in [6.07, 6.45) is -7.04. The first-order valence-corrected chi connectivity index (χ1v) is 4.01. The number of aliphatic hydroxyl groups excluding tert-OH is 6. The smallest absolute Gasteiger partial charge is 0.184 e. The van der Waals surface area contributed by atoms with Gasteiger partial charge >= 0.3 is 0 Å². The molecular formula is C7H16O7. The van der Waals surface area contributed by atoms with E-state index in [2.05, 4.69) is 4.74 Å². The van der Waals surface area contributed by atoms with Crippen molar-refractivity contribution >= 4 is 0 Å². The van der Waals surface area contributed by atoms with Crippen molar-refractivity contribution in [2.24, 2.45) is 0 Å². The molecule has 0 aliphatic carbocycles. The van der Waals surface area contributed by atoms with E-state index in [1.807, 2.05) is 0 Å². The molecule has 1 saturated heterocycles. The molecule has 0 saturated carbocycles. The third-order valence-corrected chi connectivity index (χ3v) is 1.87. The van der Waals surface area contributed by atoms with E-state index in [-0.39, 0.29) is 0 Å². The molecule has 0 bridgehead atoms. The summed E-state index contributed by atoms with van der Waals surface area (Å²) in [5.41, 5.74) is 0. The average Bonchev–Trinajstić information content (AvgIpc) is 2.23. The number of aliphatic hydroxyl groups is 6. The fraction of sp³-hybridized carbons (Fsp3) is 1.00. The second-order valence-corrected chi connectivity index (χ2v) is 2.72. The molecular weight excluding hydrogens is 196 g/mol. The summed E-state index contributed by atoms with van der Waals surface area (Å²) in [5, 5.41) is 51.7. The molecule has 5 atom stereocenters. The second-order valence-electron chi connectivity index (χ2n) is 2.72. The van der Waals surface area contributed by atoms with Crippen molar-refractivity contribution < 1.29 is 35.4 Å². The van der Waals surface area contributed by atoms with Crippen LogP contribution in [0.1, 0.15) is 0 Å². The molecule has 7 nitrogen and oxygen atoms in total. The van der Waals surface area contributed by atoms with Crippen molar-refractivity contribution in [3.8, 4) is 0 Å². The summed E-state index contributed by atoms with van der Waals surface area (Å²) >= 11 is 0. The molecule has 0 amide bonds. The Hall–Kier alpha value is -0.280. The Morgan fingerprint density at radius 3 is 1.86 bits per heavy atom. The monoisotopic (exact) mass is 212 g/mol. The summed E-state index contributed by atoms with van der Waals surface area (Å²) in [4.78, 5) is 0. The molecule has 1 fully saturated rings. The van der Waals surface area contributed by atoms with Crippen LogP contribution in [0.3, 0.4) is 0 Å². The molecule has 7 heteroatoms. The Kier molecular flexibility index (Phi) is 6.12. The first-order valence-electron chi connectivity index (χ1n) is 4.01. The van der Waals surface area contributed by atoms with E-state index in [4.69, 9.17) is 30.6 Å². The molecule has 1 aliphatic heterocycles. The van der Waals surface area contributed by atoms with Gasteiger partial charge in [-0.15, -0.1) is 0 Å². The largest absolute Gasteiger partial charge is 0.400 e. The van der Waals surface area contributed by atoms with E-state index in [1.54, 1.807) is 0 Å². The standard InChI is InChI=1S/C6H12O6.CH4O/c7-1-2-3(8)4(9)5(10)6(11)12-2;1-2/h2-11H,1H2;2H,1H3/t2-,3-,4+,5+,6?;/m1./s1. The summed E-state index contributed by atoms with van der Waals surface area (Å²) in [6.45, 7) is -0.526. The van der Waals surface area contributed by atoms with Gasteiger partial charge in [0.25, 0.3) is 0 Å². The van der Waals surface area contributed by atoms with Crippen molar-refractivity contribution in [1.29, 1.82) is 0 Å². The van der Waals surface area contributed by atoms with Crippen LogP contribution >= 0.6 is 0 Å². The zero-order chi connectivity index (χ0) is 11.3. The van der Waals surface area contributed by atoms with Gasteiger partial charge in [-0.3, -0.25) is 0 Å². The van der Waals surface area contributed by atoms with Crippen LogP contribution < -0.4 is 0 Å². The van der Waals surface area contributed by atoms with Gasteiger partial charge in [0.15, 0.2) is 6.29 Å². The van der Waals surface area contributed by atoms with Gasteiger partial charge in [0, 0.05) is 7.11 Å². The zero-order valence-electron chi connectivity index (χ0n) is 7.69. The molecule has 0 aromatic carbocycles. The Labute approximate surface area is 80.8 Å². The highest BCUT2D eigenvalue weighted by Crippen LogP contribution is 2.18. The first kappa shape index (κ1) is 13.7. The minimum absolute atomic E-state index is 0.526. The molecule has 1 unspecified atom stereocenters. The zero-order valence-corrected chi connectivity index (χ0v) is 7.69. The van der Waals surface area contributed by atoms with E-state index >= 15 is 0 Å². The van der Waals surface area contributed by atoms with Gasteiger partial charge in [0.2, 0.25) is 0 Å². The Morgan fingerprint density at radius 2 is 1.43 bits per heavy atom. The maximum absolute atomic E-state index is 9.12. The molecule has 0 radical (unpaired) electrons. The van der Waals surface area contributed by atoms with Crippen molar-refractivity contribution in [3.05, 3.63) is 0 Å². The lowest BCUT2D eigenvalue weighted by atomic mass is 10.00. The lowest BCUT2D eigenvalue weighted by molar-refractivity contribution is -0.286. The highest BCUT2D eigenvalue weighted by molar-refractivity contribution is 4.87. The summed E-state index contributed by atoms with van der Waals surface area (Å²) < 4.78 is 4.58. The molecule has 1 heterocycles. The molecule has 1 rings (SSSR count). The topological polar surface area (TPSA) is 131 Å². The van der Waals surface area contributed by atoms with E-state index in [0.29, 0.717) is 0 Å².